The van der Waals surface area contributed by atoms with Crippen molar-refractivity contribution in [1.82, 2.24) is 0 Å². The van der Waals surface area contributed by atoms with Crippen molar-refractivity contribution >= 4 is 27.5 Å². The Labute approximate surface area is 119 Å². The van der Waals surface area contributed by atoms with Gasteiger partial charge in [0, 0.05) is 5.56 Å². The fraction of sp³-hybridized carbons (Fsp3) is 0.143. The molecule has 94 valence electrons. The first-order chi connectivity index (χ1) is 8.70. The van der Waals surface area contributed by atoms with Gasteiger partial charge in [-0.15, -0.1) is 11.6 Å². The van der Waals surface area contributed by atoms with Crippen molar-refractivity contribution < 1.29 is 9.84 Å². The van der Waals surface area contributed by atoms with Gasteiger partial charge >= 0.3 is 0 Å². The fourth-order valence-corrected chi connectivity index (χ4v) is 2.30. The SMILES string of the molecule is Oc1ccc(COc2c(Br)cccc2CCl)cc1. The molecule has 0 fully saturated rings. The van der Waals surface area contributed by atoms with Crippen LogP contribution in [0.1, 0.15) is 11.1 Å². The first-order valence-electron chi connectivity index (χ1n) is 5.45. The molecule has 0 atom stereocenters. The number of aromatic hydroxyl groups is 1. The molecule has 0 saturated heterocycles. The summed E-state index contributed by atoms with van der Waals surface area (Å²) in [6, 6.07) is 12.7. The molecule has 2 aromatic carbocycles. The lowest BCUT2D eigenvalue weighted by Gasteiger charge is -2.12. The van der Waals surface area contributed by atoms with Gasteiger partial charge in [0.05, 0.1) is 10.4 Å². The summed E-state index contributed by atoms with van der Waals surface area (Å²) in [6.07, 6.45) is 0. The van der Waals surface area contributed by atoms with Gasteiger partial charge in [-0.1, -0.05) is 24.3 Å². The lowest BCUT2D eigenvalue weighted by Crippen LogP contribution is -1.98. The molecule has 0 aromatic heterocycles. The van der Waals surface area contributed by atoms with Crippen LogP contribution in [-0.4, -0.2) is 5.11 Å². The van der Waals surface area contributed by atoms with Crippen molar-refractivity contribution in [2.45, 2.75) is 12.5 Å². The van der Waals surface area contributed by atoms with Gasteiger partial charge in [0.15, 0.2) is 0 Å². The van der Waals surface area contributed by atoms with Crippen molar-refractivity contribution in [1.29, 1.82) is 0 Å². The average Bonchev–Trinajstić information content (AvgIpc) is 2.39. The number of alkyl halides is 1. The molecule has 0 unspecified atom stereocenters. The van der Waals surface area contributed by atoms with E-state index in [-0.39, 0.29) is 5.75 Å². The Kier molecular flexibility index (Phi) is 4.50. The highest BCUT2D eigenvalue weighted by Crippen LogP contribution is 2.30. The van der Waals surface area contributed by atoms with Crippen molar-refractivity contribution in [2.75, 3.05) is 0 Å². The normalized spacial score (nSPS) is 10.3. The number of ether oxygens (including phenoxy) is 1. The second-order valence-corrected chi connectivity index (χ2v) is 4.94. The molecule has 0 spiro atoms. The predicted octanol–water partition coefficient (Wildman–Crippen LogP) is 4.47. The topological polar surface area (TPSA) is 29.5 Å². The Morgan fingerprint density at radius 2 is 1.83 bits per heavy atom. The number of rotatable bonds is 4. The Hall–Kier alpha value is -1.19. The molecule has 0 amide bonds. The van der Waals surface area contributed by atoms with E-state index in [2.05, 4.69) is 15.9 Å². The van der Waals surface area contributed by atoms with Crippen LogP contribution in [0.25, 0.3) is 0 Å². The number of halogens is 2. The van der Waals surface area contributed by atoms with Gasteiger partial charge < -0.3 is 9.84 Å². The summed E-state index contributed by atoms with van der Waals surface area (Å²) >= 11 is 9.32. The van der Waals surface area contributed by atoms with Crippen molar-refractivity contribution in [2.24, 2.45) is 0 Å². The molecule has 2 nitrogen and oxygen atoms in total. The number of para-hydroxylation sites is 1. The summed E-state index contributed by atoms with van der Waals surface area (Å²) in [6.45, 7) is 0.437. The summed E-state index contributed by atoms with van der Waals surface area (Å²) in [7, 11) is 0. The van der Waals surface area contributed by atoms with Crippen LogP contribution >= 0.6 is 27.5 Å². The molecule has 0 bridgehead atoms. The smallest absolute Gasteiger partial charge is 0.138 e. The molecule has 0 aliphatic heterocycles. The number of hydrogen-bond acceptors (Lipinski definition) is 2. The third-order valence-corrected chi connectivity index (χ3v) is 3.42. The number of benzene rings is 2. The molecular weight excluding hydrogens is 316 g/mol. The van der Waals surface area contributed by atoms with E-state index >= 15 is 0 Å². The molecule has 2 aromatic rings. The minimum atomic E-state index is 0.251. The van der Waals surface area contributed by atoms with E-state index in [1.165, 1.54) is 0 Å². The summed E-state index contributed by atoms with van der Waals surface area (Å²) in [5.74, 6) is 1.42. The van der Waals surface area contributed by atoms with Gasteiger partial charge in [-0.05, 0) is 39.7 Å². The maximum Gasteiger partial charge on any atom is 0.138 e. The van der Waals surface area contributed by atoms with E-state index in [1.807, 2.05) is 30.3 Å². The van der Waals surface area contributed by atoms with Crippen molar-refractivity contribution in [3.63, 3.8) is 0 Å². The van der Waals surface area contributed by atoms with E-state index in [0.29, 0.717) is 12.5 Å². The highest BCUT2D eigenvalue weighted by atomic mass is 79.9. The van der Waals surface area contributed by atoms with Gasteiger partial charge in [0.25, 0.3) is 0 Å². The molecular formula is C14H12BrClO2. The Morgan fingerprint density at radius 1 is 1.11 bits per heavy atom. The number of phenols is 1. The second-order valence-electron chi connectivity index (χ2n) is 3.82. The lowest BCUT2D eigenvalue weighted by molar-refractivity contribution is 0.301. The number of phenolic OH excluding ortho intramolecular Hbond substituents is 1. The molecule has 0 saturated carbocycles. The zero-order valence-electron chi connectivity index (χ0n) is 9.57. The summed E-state index contributed by atoms with van der Waals surface area (Å²) in [4.78, 5) is 0. The lowest BCUT2D eigenvalue weighted by atomic mass is 10.2. The third-order valence-electron chi connectivity index (χ3n) is 2.51. The van der Waals surface area contributed by atoms with Crippen molar-refractivity contribution in [3.8, 4) is 11.5 Å². The zero-order valence-corrected chi connectivity index (χ0v) is 11.9. The Morgan fingerprint density at radius 3 is 2.50 bits per heavy atom. The molecule has 0 aliphatic rings. The van der Waals surface area contributed by atoms with Crippen LogP contribution in [0, 0.1) is 0 Å². The van der Waals surface area contributed by atoms with Crippen molar-refractivity contribution in [3.05, 3.63) is 58.1 Å². The first kappa shape index (κ1) is 13.2. The van der Waals surface area contributed by atoms with Gasteiger partial charge in [0.2, 0.25) is 0 Å². The summed E-state index contributed by atoms with van der Waals surface area (Å²) in [5.41, 5.74) is 1.94. The second kappa shape index (κ2) is 6.12. The predicted molar refractivity (Wildman–Crippen MR) is 76.1 cm³/mol. The van der Waals surface area contributed by atoms with Crippen LogP contribution in [0.5, 0.6) is 11.5 Å². The molecule has 2 rings (SSSR count). The summed E-state index contributed by atoms with van der Waals surface area (Å²) in [5, 5.41) is 9.20. The van der Waals surface area contributed by atoms with E-state index in [1.54, 1.807) is 12.1 Å². The molecule has 4 heteroatoms. The van der Waals surface area contributed by atoms with E-state index in [0.717, 1.165) is 21.3 Å². The highest BCUT2D eigenvalue weighted by molar-refractivity contribution is 9.10. The molecule has 0 aliphatic carbocycles. The maximum absolute atomic E-state index is 9.20. The molecule has 18 heavy (non-hydrogen) atoms. The molecule has 0 radical (unpaired) electrons. The maximum atomic E-state index is 9.20. The minimum absolute atomic E-state index is 0.251. The highest BCUT2D eigenvalue weighted by Gasteiger charge is 2.07. The van der Waals surface area contributed by atoms with E-state index < -0.39 is 0 Å². The van der Waals surface area contributed by atoms with Crippen LogP contribution in [0.15, 0.2) is 46.9 Å². The van der Waals surface area contributed by atoms with Gasteiger partial charge in [0.1, 0.15) is 18.1 Å². The van der Waals surface area contributed by atoms with Crippen LogP contribution in [0.3, 0.4) is 0 Å². The molecule has 0 heterocycles. The standard InChI is InChI=1S/C14H12BrClO2/c15-13-3-1-2-11(8-16)14(13)18-9-10-4-6-12(17)7-5-10/h1-7,17H,8-9H2. The largest absolute Gasteiger partial charge is 0.508 e. The molecule has 1 N–H and O–H groups in total. The van der Waals surface area contributed by atoms with Crippen LogP contribution in [-0.2, 0) is 12.5 Å². The van der Waals surface area contributed by atoms with Gasteiger partial charge in [-0.25, -0.2) is 0 Å². The van der Waals surface area contributed by atoms with Crippen LogP contribution in [0.4, 0.5) is 0 Å². The quantitative estimate of drug-likeness (QED) is 0.839. The van der Waals surface area contributed by atoms with Gasteiger partial charge in [-0.2, -0.15) is 0 Å². The summed E-state index contributed by atoms with van der Waals surface area (Å²) < 4.78 is 6.66. The Balaban J connectivity index is 2.12. The average molecular weight is 328 g/mol. The fourth-order valence-electron chi connectivity index (χ4n) is 1.57. The van der Waals surface area contributed by atoms with Gasteiger partial charge in [-0.3, -0.25) is 0 Å². The van der Waals surface area contributed by atoms with Crippen LogP contribution in [0.2, 0.25) is 0 Å². The minimum Gasteiger partial charge on any atom is -0.508 e. The first-order valence-corrected chi connectivity index (χ1v) is 6.77. The van der Waals surface area contributed by atoms with Crippen LogP contribution < -0.4 is 4.74 Å². The van der Waals surface area contributed by atoms with E-state index in [4.69, 9.17) is 16.3 Å². The number of hydrogen-bond donors (Lipinski definition) is 1. The third kappa shape index (κ3) is 3.18. The monoisotopic (exact) mass is 326 g/mol. The Bertz CT molecular complexity index is 526. The zero-order chi connectivity index (χ0) is 13.0. The van der Waals surface area contributed by atoms with E-state index in [9.17, 15) is 5.11 Å².